The number of hydrogen-bond acceptors (Lipinski definition) is 6. The van der Waals surface area contributed by atoms with Crippen molar-refractivity contribution in [1.29, 1.82) is 0 Å². The van der Waals surface area contributed by atoms with Gasteiger partial charge in [-0.25, -0.2) is 0 Å². The molecule has 1 aromatic rings. The highest BCUT2D eigenvalue weighted by molar-refractivity contribution is 6.07. The van der Waals surface area contributed by atoms with Crippen LogP contribution in [0.1, 0.15) is 44.4 Å². The summed E-state index contributed by atoms with van der Waals surface area (Å²) in [7, 11) is 0. The van der Waals surface area contributed by atoms with Gasteiger partial charge < -0.3 is 15.3 Å². The Balaban J connectivity index is 3.77. The van der Waals surface area contributed by atoms with Crippen molar-refractivity contribution in [3.8, 4) is 17.2 Å². The molecule has 6 nitrogen and oxygen atoms in total. The molecule has 0 aliphatic rings. The van der Waals surface area contributed by atoms with Crippen molar-refractivity contribution < 1.29 is 29.7 Å². The highest BCUT2D eigenvalue weighted by Crippen LogP contribution is 2.40. The monoisotopic (exact) mass is 238 g/mol. The Kier molecular flexibility index (Phi) is 3.47. The Morgan fingerprint density at radius 1 is 1.00 bits per heavy atom. The minimum Gasteiger partial charge on any atom is -0.506 e. The van der Waals surface area contributed by atoms with E-state index >= 15 is 0 Å². The van der Waals surface area contributed by atoms with Crippen LogP contribution in [-0.2, 0) is 0 Å². The predicted molar refractivity (Wildman–Crippen MR) is 56.8 cm³/mol. The van der Waals surface area contributed by atoms with E-state index in [1.54, 1.807) is 0 Å². The zero-order valence-electron chi connectivity index (χ0n) is 8.93. The number of benzene rings is 1. The molecule has 0 spiro atoms. The smallest absolute Gasteiger partial charge is 0.170 e. The molecule has 0 heterocycles. The predicted octanol–water partition coefficient (Wildman–Crippen LogP) is 1.02. The summed E-state index contributed by atoms with van der Waals surface area (Å²) in [6, 6.07) is 0. The molecule has 0 aliphatic heterocycles. The molecular weight excluding hydrogens is 228 g/mol. The molecule has 0 radical (unpaired) electrons. The first-order chi connectivity index (χ1) is 7.99. The van der Waals surface area contributed by atoms with Gasteiger partial charge in [-0.3, -0.25) is 14.4 Å². The molecule has 0 aromatic heterocycles. The van der Waals surface area contributed by atoms with Crippen molar-refractivity contribution in [2.24, 2.45) is 0 Å². The normalized spacial score (nSPS) is 9.94. The number of aromatic hydroxyl groups is 3. The first-order valence-electron chi connectivity index (χ1n) is 4.73. The van der Waals surface area contributed by atoms with Crippen LogP contribution in [0.2, 0.25) is 0 Å². The zero-order chi connectivity index (χ0) is 13.2. The van der Waals surface area contributed by atoms with Crippen LogP contribution in [-0.4, -0.2) is 33.7 Å². The Labute approximate surface area is 96.1 Å². The Morgan fingerprint density at radius 2 is 1.41 bits per heavy atom. The van der Waals surface area contributed by atoms with Gasteiger partial charge in [0.25, 0.3) is 0 Å². The second-order valence-electron chi connectivity index (χ2n) is 3.26. The Bertz CT molecular complexity index is 468. The highest BCUT2D eigenvalue weighted by atomic mass is 16.3. The third kappa shape index (κ3) is 1.84. The van der Waals surface area contributed by atoms with Crippen LogP contribution in [0.4, 0.5) is 0 Å². The molecule has 0 atom stereocenters. The molecule has 0 unspecified atom stereocenters. The molecule has 90 valence electrons. The standard InChI is InChI=1S/C11H10O6/c1-2-7(14)8-10(16)5(3-12)9(15)6(4-13)11(8)17/h3-4,15-17H,2H2,1H3. The molecule has 1 aromatic carbocycles. The number of aldehydes is 2. The van der Waals surface area contributed by atoms with E-state index in [1.165, 1.54) is 6.92 Å². The zero-order valence-corrected chi connectivity index (χ0v) is 8.93. The van der Waals surface area contributed by atoms with E-state index in [0.717, 1.165) is 0 Å². The van der Waals surface area contributed by atoms with Crippen molar-refractivity contribution in [3.05, 3.63) is 16.7 Å². The highest BCUT2D eigenvalue weighted by Gasteiger charge is 2.26. The Hall–Kier alpha value is -2.37. The van der Waals surface area contributed by atoms with Crippen LogP contribution in [0.15, 0.2) is 0 Å². The van der Waals surface area contributed by atoms with Gasteiger partial charge in [-0.1, -0.05) is 6.92 Å². The van der Waals surface area contributed by atoms with Gasteiger partial charge in [0.2, 0.25) is 0 Å². The number of carbonyl (C=O) groups excluding carboxylic acids is 3. The van der Waals surface area contributed by atoms with Gasteiger partial charge in [-0.15, -0.1) is 0 Å². The number of carbonyl (C=O) groups is 3. The topological polar surface area (TPSA) is 112 Å². The van der Waals surface area contributed by atoms with Crippen molar-refractivity contribution in [3.63, 3.8) is 0 Å². The van der Waals surface area contributed by atoms with Crippen molar-refractivity contribution in [1.82, 2.24) is 0 Å². The van der Waals surface area contributed by atoms with E-state index < -0.39 is 39.7 Å². The van der Waals surface area contributed by atoms with Crippen LogP contribution in [0.3, 0.4) is 0 Å². The average molecular weight is 238 g/mol. The van der Waals surface area contributed by atoms with Gasteiger partial charge in [0.15, 0.2) is 18.4 Å². The molecule has 0 saturated carbocycles. The summed E-state index contributed by atoms with van der Waals surface area (Å²) in [6.07, 6.45) is 0.162. The van der Waals surface area contributed by atoms with Crippen molar-refractivity contribution in [2.45, 2.75) is 13.3 Å². The van der Waals surface area contributed by atoms with Crippen molar-refractivity contribution >= 4 is 18.4 Å². The molecule has 0 saturated heterocycles. The fraction of sp³-hybridized carbons (Fsp3) is 0.182. The quantitative estimate of drug-likeness (QED) is 0.533. The summed E-state index contributed by atoms with van der Waals surface area (Å²) < 4.78 is 0. The lowest BCUT2D eigenvalue weighted by atomic mass is 9.98. The molecule has 17 heavy (non-hydrogen) atoms. The number of phenols is 3. The molecule has 0 fully saturated rings. The van der Waals surface area contributed by atoms with Gasteiger partial charge in [-0.05, 0) is 0 Å². The second kappa shape index (κ2) is 4.65. The maximum Gasteiger partial charge on any atom is 0.170 e. The van der Waals surface area contributed by atoms with E-state index in [2.05, 4.69) is 0 Å². The van der Waals surface area contributed by atoms with Gasteiger partial charge in [0.1, 0.15) is 22.8 Å². The molecule has 3 N–H and O–H groups in total. The van der Waals surface area contributed by atoms with Crippen molar-refractivity contribution in [2.75, 3.05) is 0 Å². The van der Waals surface area contributed by atoms with Gasteiger partial charge >= 0.3 is 0 Å². The first-order valence-corrected chi connectivity index (χ1v) is 4.73. The molecule has 0 amide bonds. The number of hydrogen-bond donors (Lipinski definition) is 3. The number of rotatable bonds is 4. The van der Waals surface area contributed by atoms with E-state index in [-0.39, 0.29) is 19.0 Å². The summed E-state index contributed by atoms with van der Waals surface area (Å²) in [4.78, 5) is 32.8. The van der Waals surface area contributed by atoms with E-state index in [9.17, 15) is 29.7 Å². The maximum atomic E-state index is 11.5. The fourth-order valence-corrected chi connectivity index (χ4v) is 1.42. The summed E-state index contributed by atoms with van der Waals surface area (Å²) in [5.41, 5.74) is -1.72. The van der Waals surface area contributed by atoms with Crippen LogP contribution >= 0.6 is 0 Å². The Morgan fingerprint density at radius 3 is 1.71 bits per heavy atom. The summed E-state index contributed by atoms with van der Waals surface area (Å²) in [5.74, 6) is -3.15. The third-order valence-electron chi connectivity index (χ3n) is 2.33. The lowest BCUT2D eigenvalue weighted by molar-refractivity contribution is 0.0982. The second-order valence-corrected chi connectivity index (χ2v) is 3.26. The summed E-state index contributed by atoms with van der Waals surface area (Å²) in [6.45, 7) is 1.48. The van der Waals surface area contributed by atoms with E-state index in [1.807, 2.05) is 0 Å². The van der Waals surface area contributed by atoms with E-state index in [4.69, 9.17) is 0 Å². The van der Waals surface area contributed by atoms with Gasteiger partial charge in [0.05, 0.1) is 11.1 Å². The van der Waals surface area contributed by atoms with Crippen LogP contribution in [0.25, 0.3) is 0 Å². The fourth-order valence-electron chi connectivity index (χ4n) is 1.42. The SMILES string of the molecule is CCC(=O)c1c(O)c(C=O)c(O)c(C=O)c1O. The number of phenolic OH excluding ortho intramolecular Hbond substituents is 3. The number of ketones is 1. The average Bonchev–Trinajstić information content (AvgIpc) is 2.29. The lowest BCUT2D eigenvalue weighted by Crippen LogP contribution is -2.03. The summed E-state index contributed by atoms with van der Waals surface area (Å²) >= 11 is 0. The minimum atomic E-state index is -0.849. The molecule has 1 rings (SSSR count). The molecule has 6 heteroatoms. The summed E-state index contributed by atoms with van der Waals surface area (Å²) in [5, 5.41) is 28.6. The number of Topliss-reactive ketones (excluding diaryl/α,β-unsaturated/α-hetero) is 1. The van der Waals surface area contributed by atoms with Crippen LogP contribution in [0.5, 0.6) is 17.2 Å². The van der Waals surface area contributed by atoms with Crippen LogP contribution in [0, 0.1) is 0 Å². The minimum absolute atomic E-state index is 0.0392. The van der Waals surface area contributed by atoms with E-state index in [0.29, 0.717) is 0 Å². The van der Waals surface area contributed by atoms with Crippen LogP contribution < -0.4 is 0 Å². The molecule has 0 aliphatic carbocycles. The van der Waals surface area contributed by atoms with Gasteiger partial charge in [-0.2, -0.15) is 0 Å². The lowest BCUT2D eigenvalue weighted by Gasteiger charge is -2.11. The third-order valence-corrected chi connectivity index (χ3v) is 2.33. The van der Waals surface area contributed by atoms with Gasteiger partial charge in [0, 0.05) is 6.42 Å². The maximum absolute atomic E-state index is 11.5. The first kappa shape index (κ1) is 12.7. The largest absolute Gasteiger partial charge is 0.506 e. The molecule has 0 bridgehead atoms. The molecular formula is C11H10O6.